The van der Waals surface area contributed by atoms with Crippen molar-refractivity contribution in [2.45, 2.75) is 32.9 Å². The van der Waals surface area contributed by atoms with Gasteiger partial charge in [-0.25, -0.2) is 9.97 Å². The molecule has 1 aliphatic rings. The normalized spacial score (nSPS) is 17.2. The van der Waals surface area contributed by atoms with Gasteiger partial charge in [-0.1, -0.05) is 6.92 Å². The molecule has 0 spiro atoms. The van der Waals surface area contributed by atoms with E-state index in [4.69, 9.17) is 4.74 Å². The predicted octanol–water partition coefficient (Wildman–Crippen LogP) is 4.66. The lowest BCUT2D eigenvalue weighted by Crippen LogP contribution is -2.33. The van der Waals surface area contributed by atoms with Gasteiger partial charge >= 0.3 is 0 Å². The summed E-state index contributed by atoms with van der Waals surface area (Å²) in [6.45, 7) is 5.82. The Bertz CT molecular complexity index is 925. The number of likely N-dealkylation sites (tertiary alicyclic amines) is 1. The maximum absolute atomic E-state index is 12.5. The smallest absolute Gasteiger partial charge is 0.257 e. The van der Waals surface area contributed by atoms with Crippen LogP contribution >= 0.6 is 22.7 Å². The van der Waals surface area contributed by atoms with Crippen LogP contribution in [0, 0.1) is 5.92 Å². The highest BCUT2D eigenvalue weighted by molar-refractivity contribution is 7.14. The van der Waals surface area contributed by atoms with Gasteiger partial charge in [0.15, 0.2) is 5.13 Å². The topological polar surface area (TPSA) is 67.4 Å². The molecule has 0 radical (unpaired) electrons. The number of nitrogens with zero attached hydrogens (tertiary/aromatic N) is 3. The Labute approximate surface area is 178 Å². The van der Waals surface area contributed by atoms with E-state index in [1.165, 1.54) is 24.2 Å². The summed E-state index contributed by atoms with van der Waals surface area (Å²) in [4.78, 5) is 23.7. The van der Waals surface area contributed by atoms with Crippen LogP contribution in [0.2, 0.25) is 0 Å². The molecule has 1 aliphatic heterocycles. The molecule has 2 aromatic heterocycles. The van der Waals surface area contributed by atoms with E-state index in [0.29, 0.717) is 23.1 Å². The van der Waals surface area contributed by atoms with Crippen LogP contribution in [0.3, 0.4) is 0 Å². The number of carbonyl (C=O) groups is 1. The average Bonchev–Trinajstić information content (AvgIpc) is 3.39. The number of hydrogen-bond acceptors (Lipinski definition) is 7. The lowest BCUT2D eigenvalue weighted by molar-refractivity contribution is 0.102. The van der Waals surface area contributed by atoms with Gasteiger partial charge in [0.2, 0.25) is 0 Å². The SMILES string of the molecule is CC1CCCN(Cc2csc(NC(=O)c3ccc(OCc4cscn4)cc3)n2)C1. The molecule has 1 atom stereocenters. The zero-order valence-corrected chi connectivity index (χ0v) is 18.0. The first-order valence-electron chi connectivity index (χ1n) is 9.74. The number of ether oxygens (including phenoxy) is 1. The fourth-order valence-corrected chi connectivity index (χ4v) is 4.67. The fraction of sp³-hybridized carbons (Fsp3) is 0.381. The molecule has 3 heterocycles. The standard InChI is InChI=1S/C21H24N4O2S2/c1-15-3-2-8-25(9-15)10-17-13-29-21(23-17)24-20(26)16-4-6-19(7-5-16)27-11-18-12-28-14-22-18/h4-7,12-15H,2-3,8-11H2,1H3,(H,23,24,26). The Kier molecular flexibility index (Phi) is 6.53. The zero-order valence-electron chi connectivity index (χ0n) is 16.3. The number of nitrogens with one attached hydrogen (secondary N) is 1. The Morgan fingerprint density at radius 3 is 2.90 bits per heavy atom. The lowest BCUT2D eigenvalue weighted by atomic mass is 10.0. The summed E-state index contributed by atoms with van der Waals surface area (Å²) in [5.74, 6) is 1.29. The molecular weight excluding hydrogens is 404 g/mol. The monoisotopic (exact) mass is 428 g/mol. The Hall–Kier alpha value is -2.29. The first-order chi connectivity index (χ1) is 14.2. The quantitative estimate of drug-likeness (QED) is 0.593. The summed E-state index contributed by atoms with van der Waals surface area (Å²) in [5.41, 5.74) is 4.27. The van der Waals surface area contributed by atoms with Gasteiger partial charge in [-0.3, -0.25) is 15.0 Å². The maximum atomic E-state index is 12.5. The van der Waals surface area contributed by atoms with E-state index >= 15 is 0 Å². The van der Waals surface area contributed by atoms with E-state index in [-0.39, 0.29) is 5.91 Å². The minimum absolute atomic E-state index is 0.163. The summed E-state index contributed by atoms with van der Waals surface area (Å²) in [6.07, 6.45) is 2.56. The Morgan fingerprint density at radius 1 is 1.28 bits per heavy atom. The highest BCUT2D eigenvalue weighted by Gasteiger charge is 2.17. The first-order valence-corrected chi connectivity index (χ1v) is 11.6. The van der Waals surface area contributed by atoms with Crippen molar-refractivity contribution >= 4 is 33.7 Å². The number of hydrogen-bond donors (Lipinski definition) is 1. The molecule has 1 fully saturated rings. The van der Waals surface area contributed by atoms with Crippen LogP contribution in [0.25, 0.3) is 0 Å². The van der Waals surface area contributed by atoms with Gasteiger partial charge in [-0.2, -0.15) is 0 Å². The summed E-state index contributed by atoms with van der Waals surface area (Å²) >= 11 is 3.01. The summed E-state index contributed by atoms with van der Waals surface area (Å²) in [5, 5.41) is 7.52. The lowest BCUT2D eigenvalue weighted by Gasteiger charge is -2.30. The highest BCUT2D eigenvalue weighted by atomic mass is 32.1. The van der Waals surface area contributed by atoms with Gasteiger partial charge < -0.3 is 4.74 Å². The molecule has 8 heteroatoms. The molecule has 0 bridgehead atoms. The van der Waals surface area contributed by atoms with Crippen molar-refractivity contribution in [1.82, 2.24) is 14.9 Å². The molecule has 1 saturated heterocycles. The summed E-state index contributed by atoms with van der Waals surface area (Å²) in [7, 11) is 0. The van der Waals surface area contributed by atoms with E-state index < -0.39 is 0 Å². The summed E-state index contributed by atoms with van der Waals surface area (Å²) in [6, 6.07) is 7.11. The van der Waals surface area contributed by atoms with Crippen LogP contribution in [0.1, 0.15) is 41.5 Å². The van der Waals surface area contributed by atoms with Crippen molar-refractivity contribution in [3.8, 4) is 5.75 Å². The highest BCUT2D eigenvalue weighted by Crippen LogP contribution is 2.22. The van der Waals surface area contributed by atoms with E-state index in [1.54, 1.807) is 41.1 Å². The molecule has 4 rings (SSSR count). The van der Waals surface area contributed by atoms with Gasteiger partial charge in [0.1, 0.15) is 12.4 Å². The van der Waals surface area contributed by atoms with E-state index in [9.17, 15) is 4.79 Å². The number of aromatic nitrogens is 2. The van der Waals surface area contributed by atoms with Gasteiger partial charge in [0, 0.05) is 29.4 Å². The molecule has 3 aromatic rings. The van der Waals surface area contributed by atoms with Crippen LogP contribution < -0.4 is 10.1 Å². The number of piperidine rings is 1. The molecule has 29 heavy (non-hydrogen) atoms. The van der Waals surface area contributed by atoms with Crippen molar-refractivity contribution in [2.75, 3.05) is 18.4 Å². The fourth-order valence-electron chi connectivity index (χ4n) is 3.43. The molecule has 1 amide bonds. The third-order valence-corrected chi connectivity index (χ3v) is 6.33. The molecule has 6 nitrogen and oxygen atoms in total. The Balaban J connectivity index is 1.29. The van der Waals surface area contributed by atoms with Gasteiger partial charge in [-0.15, -0.1) is 22.7 Å². The van der Waals surface area contributed by atoms with Crippen LogP contribution in [0.15, 0.2) is 40.5 Å². The molecule has 152 valence electrons. The van der Waals surface area contributed by atoms with Crippen molar-refractivity contribution in [3.63, 3.8) is 0 Å². The van der Waals surface area contributed by atoms with Crippen molar-refractivity contribution in [3.05, 3.63) is 57.5 Å². The minimum Gasteiger partial charge on any atom is -0.487 e. The molecular formula is C21H24N4O2S2. The van der Waals surface area contributed by atoms with E-state index in [1.807, 2.05) is 10.8 Å². The van der Waals surface area contributed by atoms with E-state index in [2.05, 4.69) is 27.1 Å². The minimum atomic E-state index is -0.163. The van der Waals surface area contributed by atoms with Gasteiger partial charge in [0.25, 0.3) is 5.91 Å². The summed E-state index contributed by atoms with van der Waals surface area (Å²) < 4.78 is 5.68. The van der Waals surface area contributed by atoms with Gasteiger partial charge in [-0.05, 0) is 49.6 Å². The predicted molar refractivity (Wildman–Crippen MR) is 117 cm³/mol. The third-order valence-electron chi connectivity index (χ3n) is 4.89. The van der Waals surface area contributed by atoms with Gasteiger partial charge in [0.05, 0.1) is 16.9 Å². The van der Waals surface area contributed by atoms with Crippen molar-refractivity contribution in [2.24, 2.45) is 5.92 Å². The molecule has 1 unspecified atom stereocenters. The average molecular weight is 429 g/mol. The molecule has 0 saturated carbocycles. The number of carbonyl (C=O) groups excluding carboxylic acids is 1. The zero-order chi connectivity index (χ0) is 20.1. The van der Waals surface area contributed by atoms with Crippen LogP contribution in [0.5, 0.6) is 5.75 Å². The van der Waals surface area contributed by atoms with Crippen LogP contribution in [-0.4, -0.2) is 33.9 Å². The Morgan fingerprint density at radius 2 is 2.14 bits per heavy atom. The second-order valence-electron chi connectivity index (χ2n) is 7.37. The molecule has 1 N–H and O–H groups in total. The van der Waals surface area contributed by atoms with Crippen molar-refractivity contribution < 1.29 is 9.53 Å². The molecule has 0 aliphatic carbocycles. The second kappa shape index (κ2) is 9.47. The van der Waals surface area contributed by atoms with Crippen molar-refractivity contribution in [1.29, 1.82) is 0 Å². The number of rotatable bonds is 7. The number of thiazole rings is 2. The molecule has 1 aromatic carbocycles. The number of anilines is 1. The number of amides is 1. The van der Waals surface area contributed by atoms with Crippen LogP contribution in [-0.2, 0) is 13.2 Å². The largest absolute Gasteiger partial charge is 0.487 e. The third kappa shape index (κ3) is 5.62. The first kappa shape index (κ1) is 20.0. The second-order valence-corrected chi connectivity index (χ2v) is 8.95. The maximum Gasteiger partial charge on any atom is 0.257 e. The van der Waals surface area contributed by atoms with E-state index in [0.717, 1.165) is 36.9 Å². The van der Waals surface area contributed by atoms with Crippen LogP contribution in [0.4, 0.5) is 5.13 Å². The number of benzene rings is 1.